The van der Waals surface area contributed by atoms with Gasteiger partial charge in [-0.25, -0.2) is 0 Å². The number of nitrogens with zero attached hydrogens (tertiary/aromatic N) is 2. The van der Waals surface area contributed by atoms with Gasteiger partial charge in [0.15, 0.2) is 12.0 Å². The van der Waals surface area contributed by atoms with Crippen LogP contribution < -0.4 is 0 Å². The molecule has 0 spiro atoms. The van der Waals surface area contributed by atoms with Crippen molar-refractivity contribution in [1.29, 1.82) is 0 Å². The number of amides is 2. The number of furan rings is 1. The number of fused-ring (bicyclic) bond motifs is 1. The predicted octanol–water partition coefficient (Wildman–Crippen LogP) is 0.425. The molecule has 100 valence electrons. The summed E-state index contributed by atoms with van der Waals surface area (Å²) in [6.45, 7) is 1.01. The van der Waals surface area contributed by atoms with E-state index in [9.17, 15) is 14.4 Å². The molecule has 0 radical (unpaired) electrons. The van der Waals surface area contributed by atoms with Gasteiger partial charge in [0, 0.05) is 6.54 Å². The lowest BCUT2D eigenvalue weighted by molar-refractivity contribution is -0.154. The predicted molar refractivity (Wildman–Crippen MR) is 64.2 cm³/mol. The molecule has 2 aliphatic heterocycles. The molecule has 1 atom stereocenters. The first-order valence-electron chi connectivity index (χ1n) is 6.31. The van der Waals surface area contributed by atoms with Crippen molar-refractivity contribution in [2.24, 2.45) is 0 Å². The number of carbonyl (C=O) groups excluding carboxylic acids is 3. The van der Waals surface area contributed by atoms with Gasteiger partial charge in [-0.1, -0.05) is 0 Å². The summed E-state index contributed by atoms with van der Waals surface area (Å²) in [5, 5.41) is 0. The summed E-state index contributed by atoms with van der Waals surface area (Å²) in [5.74, 6) is 0.716. The topological polar surface area (TPSA) is 70.8 Å². The largest absolute Gasteiger partial charge is 0.456 e. The minimum atomic E-state index is -0.304. The molecule has 1 unspecified atom stereocenters. The van der Waals surface area contributed by atoms with Crippen LogP contribution in [0, 0.1) is 0 Å². The summed E-state index contributed by atoms with van der Waals surface area (Å²) in [5.41, 5.74) is 0. The zero-order chi connectivity index (χ0) is 13.4. The lowest BCUT2D eigenvalue weighted by Crippen LogP contribution is -2.56. The maximum atomic E-state index is 12.3. The van der Waals surface area contributed by atoms with Crippen molar-refractivity contribution in [1.82, 2.24) is 9.80 Å². The van der Waals surface area contributed by atoms with E-state index in [1.807, 2.05) is 0 Å². The first-order chi connectivity index (χ1) is 9.19. The van der Waals surface area contributed by atoms with Crippen molar-refractivity contribution in [2.45, 2.75) is 25.4 Å². The summed E-state index contributed by atoms with van der Waals surface area (Å²) in [4.78, 5) is 37.9. The Morgan fingerprint density at radius 1 is 1.37 bits per heavy atom. The van der Waals surface area contributed by atoms with Gasteiger partial charge in [0.25, 0.3) is 0 Å². The Hall–Kier alpha value is -2.11. The summed E-state index contributed by atoms with van der Waals surface area (Å²) in [6.07, 6.45) is 2.23. The minimum absolute atomic E-state index is 0.00994. The van der Waals surface area contributed by atoms with Crippen molar-refractivity contribution >= 4 is 18.1 Å². The van der Waals surface area contributed by atoms with Crippen LogP contribution in [0.4, 0.5) is 0 Å². The first-order valence-corrected chi connectivity index (χ1v) is 6.31. The Kier molecular flexibility index (Phi) is 2.85. The molecule has 19 heavy (non-hydrogen) atoms. The fourth-order valence-corrected chi connectivity index (χ4v) is 2.73. The van der Waals surface area contributed by atoms with E-state index in [0.717, 1.165) is 12.8 Å². The fourth-order valence-electron chi connectivity index (χ4n) is 2.73. The fraction of sp³-hybridized carbons (Fsp3) is 0.462. The molecule has 0 N–H and O–H groups in total. The molecule has 3 rings (SSSR count). The van der Waals surface area contributed by atoms with Crippen LogP contribution in [-0.4, -0.2) is 47.0 Å². The summed E-state index contributed by atoms with van der Waals surface area (Å²) < 4.78 is 5.24. The molecule has 6 heteroatoms. The maximum Gasteiger partial charge on any atom is 0.246 e. The van der Waals surface area contributed by atoms with Crippen LogP contribution in [0.1, 0.15) is 29.2 Å². The molecular weight excluding hydrogens is 248 g/mol. The van der Waals surface area contributed by atoms with Crippen molar-refractivity contribution in [3.63, 3.8) is 0 Å². The van der Waals surface area contributed by atoms with Crippen molar-refractivity contribution in [3.8, 4) is 0 Å². The van der Waals surface area contributed by atoms with E-state index < -0.39 is 0 Å². The maximum absolute atomic E-state index is 12.3. The Labute approximate surface area is 110 Å². The van der Waals surface area contributed by atoms with Gasteiger partial charge in [-0.15, -0.1) is 0 Å². The van der Waals surface area contributed by atoms with Gasteiger partial charge in [0.2, 0.25) is 11.8 Å². The monoisotopic (exact) mass is 262 g/mol. The zero-order valence-corrected chi connectivity index (χ0v) is 10.4. The Morgan fingerprint density at radius 3 is 2.95 bits per heavy atom. The van der Waals surface area contributed by atoms with E-state index in [1.165, 1.54) is 4.90 Å². The Bertz CT molecular complexity index is 537. The van der Waals surface area contributed by atoms with Crippen LogP contribution in [0.3, 0.4) is 0 Å². The summed E-state index contributed by atoms with van der Waals surface area (Å²) in [6, 6.07) is 2.91. The van der Waals surface area contributed by atoms with Gasteiger partial charge in [-0.3, -0.25) is 14.4 Å². The van der Waals surface area contributed by atoms with Gasteiger partial charge >= 0.3 is 0 Å². The molecule has 6 nitrogen and oxygen atoms in total. The van der Waals surface area contributed by atoms with Gasteiger partial charge in [0.1, 0.15) is 18.3 Å². The van der Waals surface area contributed by atoms with Gasteiger partial charge in [0.05, 0.1) is 6.54 Å². The third-order valence-electron chi connectivity index (χ3n) is 3.64. The Morgan fingerprint density at radius 2 is 2.21 bits per heavy atom. The number of piperazine rings is 1. The van der Waals surface area contributed by atoms with E-state index in [0.29, 0.717) is 18.6 Å². The number of hydrogen-bond donors (Lipinski definition) is 0. The third-order valence-corrected chi connectivity index (χ3v) is 3.64. The van der Waals surface area contributed by atoms with Crippen LogP contribution >= 0.6 is 0 Å². The molecule has 0 bridgehead atoms. The number of carbonyl (C=O) groups is 3. The molecule has 2 aliphatic rings. The standard InChI is InChI=1S/C13H14N2O4/c16-8-10-4-3-9(19-10)6-14-7-12(17)15-5-1-2-11(15)13(14)18/h3-4,8,11H,1-2,5-7H2. The second-order valence-electron chi connectivity index (χ2n) is 4.86. The van der Waals surface area contributed by atoms with Gasteiger partial charge in [-0.05, 0) is 25.0 Å². The van der Waals surface area contributed by atoms with Crippen LogP contribution in [0.2, 0.25) is 0 Å². The van der Waals surface area contributed by atoms with Crippen molar-refractivity contribution in [2.75, 3.05) is 13.1 Å². The SMILES string of the molecule is O=Cc1ccc(CN2CC(=O)N3CCCC3C2=O)o1. The van der Waals surface area contributed by atoms with Crippen LogP contribution in [0.5, 0.6) is 0 Å². The smallest absolute Gasteiger partial charge is 0.246 e. The minimum Gasteiger partial charge on any atom is -0.456 e. The van der Waals surface area contributed by atoms with E-state index >= 15 is 0 Å². The molecule has 2 saturated heterocycles. The lowest BCUT2D eigenvalue weighted by Gasteiger charge is -2.35. The van der Waals surface area contributed by atoms with Gasteiger partial charge < -0.3 is 14.2 Å². The second-order valence-corrected chi connectivity index (χ2v) is 4.86. The molecule has 0 aliphatic carbocycles. The quantitative estimate of drug-likeness (QED) is 0.740. The van der Waals surface area contributed by atoms with E-state index in [2.05, 4.69) is 0 Å². The first kappa shape index (κ1) is 12.0. The zero-order valence-electron chi connectivity index (χ0n) is 10.4. The highest BCUT2D eigenvalue weighted by molar-refractivity contribution is 5.95. The molecule has 0 saturated carbocycles. The van der Waals surface area contributed by atoms with Crippen LogP contribution in [-0.2, 0) is 16.1 Å². The van der Waals surface area contributed by atoms with Crippen LogP contribution in [0.15, 0.2) is 16.5 Å². The summed E-state index contributed by atoms with van der Waals surface area (Å²) in [7, 11) is 0. The van der Waals surface area contributed by atoms with E-state index in [-0.39, 0.29) is 36.7 Å². The molecule has 1 aromatic heterocycles. The number of rotatable bonds is 3. The molecule has 2 amide bonds. The highest BCUT2D eigenvalue weighted by atomic mass is 16.3. The lowest BCUT2D eigenvalue weighted by atomic mass is 10.1. The highest BCUT2D eigenvalue weighted by Crippen LogP contribution is 2.24. The van der Waals surface area contributed by atoms with Gasteiger partial charge in [-0.2, -0.15) is 0 Å². The Balaban J connectivity index is 1.75. The molecule has 3 heterocycles. The average Bonchev–Trinajstić information content (AvgIpc) is 3.04. The number of aldehydes is 1. The molecule has 1 aromatic rings. The molecule has 2 fully saturated rings. The highest BCUT2D eigenvalue weighted by Gasteiger charge is 2.41. The van der Waals surface area contributed by atoms with Crippen molar-refractivity contribution in [3.05, 3.63) is 23.7 Å². The van der Waals surface area contributed by atoms with E-state index in [1.54, 1.807) is 17.0 Å². The third kappa shape index (κ3) is 2.03. The average molecular weight is 262 g/mol. The summed E-state index contributed by atoms with van der Waals surface area (Å²) >= 11 is 0. The van der Waals surface area contributed by atoms with E-state index in [4.69, 9.17) is 4.42 Å². The number of hydrogen-bond acceptors (Lipinski definition) is 4. The molecular formula is C13H14N2O4. The normalized spacial score (nSPS) is 22.8. The molecule has 0 aromatic carbocycles. The van der Waals surface area contributed by atoms with Crippen LogP contribution in [0.25, 0.3) is 0 Å². The van der Waals surface area contributed by atoms with Crippen molar-refractivity contribution < 1.29 is 18.8 Å². The second kappa shape index (κ2) is 4.53.